The summed E-state index contributed by atoms with van der Waals surface area (Å²) in [4.78, 5) is -0.469. The summed E-state index contributed by atoms with van der Waals surface area (Å²) in [5, 5.41) is 3.77. The number of rotatable bonds is 2. The topological polar surface area (TPSA) is 0 Å². The normalized spacial score (nSPS) is 12.8. The zero-order valence-electron chi connectivity index (χ0n) is 8.81. The second-order valence-electron chi connectivity index (χ2n) is 3.66. The molecule has 1 aromatic heterocycles. The summed E-state index contributed by atoms with van der Waals surface area (Å²) in [6.45, 7) is 1.89. The molecule has 1 heterocycles. The fourth-order valence-corrected chi connectivity index (χ4v) is 3.43. The van der Waals surface area contributed by atoms with Crippen molar-refractivity contribution in [3.63, 3.8) is 0 Å². The molecule has 1 unspecified atom stereocenters. The number of halogens is 4. The summed E-state index contributed by atoms with van der Waals surface area (Å²) in [5.41, 5.74) is 1.95. The van der Waals surface area contributed by atoms with E-state index in [1.807, 2.05) is 17.7 Å². The first kappa shape index (κ1) is 12.6. The van der Waals surface area contributed by atoms with Gasteiger partial charge in [0.05, 0.1) is 4.83 Å². The van der Waals surface area contributed by atoms with Crippen LogP contribution in [0.15, 0.2) is 22.9 Å². The molecule has 0 amide bonds. The fraction of sp³-hybridized carbons (Fsp3) is 0.167. The van der Waals surface area contributed by atoms with E-state index in [1.165, 1.54) is 11.3 Å². The SMILES string of the molecule is Cc1cscc1C(Br)c1cc(F)c(F)cc1F. The Balaban J connectivity index is 2.48. The van der Waals surface area contributed by atoms with Crippen LogP contribution in [0.3, 0.4) is 0 Å². The van der Waals surface area contributed by atoms with E-state index in [-0.39, 0.29) is 5.56 Å². The molecule has 1 aromatic carbocycles. The number of alkyl halides is 1. The van der Waals surface area contributed by atoms with E-state index in [9.17, 15) is 13.2 Å². The highest BCUT2D eigenvalue weighted by molar-refractivity contribution is 9.09. The van der Waals surface area contributed by atoms with Gasteiger partial charge in [0.2, 0.25) is 0 Å². The highest BCUT2D eigenvalue weighted by Gasteiger charge is 2.19. The molecule has 0 saturated heterocycles. The van der Waals surface area contributed by atoms with Crippen molar-refractivity contribution in [2.45, 2.75) is 11.8 Å². The highest BCUT2D eigenvalue weighted by atomic mass is 79.9. The molecule has 0 N–H and O–H groups in total. The van der Waals surface area contributed by atoms with E-state index in [0.717, 1.165) is 17.2 Å². The quantitative estimate of drug-likeness (QED) is 0.542. The average molecular weight is 321 g/mol. The van der Waals surface area contributed by atoms with Gasteiger partial charge in [-0.25, -0.2) is 13.2 Å². The maximum atomic E-state index is 13.6. The second kappa shape index (κ2) is 4.82. The molecule has 90 valence electrons. The lowest BCUT2D eigenvalue weighted by Crippen LogP contribution is -2.00. The minimum absolute atomic E-state index is 0.102. The maximum Gasteiger partial charge on any atom is 0.161 e. The van der Waals surface area contributed by atoms with E-state index in [4.69, 9.17) is 0 Å². The molecule has 0 spiro atoms. The molecular weight excluding hydrogens is 313 g/mol. The van der Waals surface area contributed by atoms with Gasteiger partial charge in [0.15, 0.2) is 11.6 Å². The Hall–Kier alpha value is -0.810. The molecule has 0 saturated carbocycles. The predicted molar refractivity (Wildman–Crippen MR) is 66.1 cm³/mol. The Morgan fingerprint density at radius 1 is 1.00 bits per heavy atom. The largest absolute Gasteiger partial charge is 0.207 e. The van der Waals surface area contributed by atoms with Gasteiger partial charge in [-0.1, -0.05) is 15.9 Å². The summed E-state index contributed by atoms with van der Waals surface area (Å²) in [7, 11) is 0. The van der Waals surface area contributed by atoms with Crippen LogP contribution in [0.4, 0.5) is 13.2 Å². The minimum Gasteiger partial charge on any atom is -0.207 e. The maximum absolute atomic E-state index is 13.6. The lowest BCUT2D eigenvalue weighted by molar-refractivity contribution is 0.491. The number of aryl methyl sites for hydroxylation is 1. The Bertz CT molecular complexity index is 551. The number of thiophene rings is 1. The summed E-state index contributed by atoms with van der Waals surface area (Å²) in [6.07, 6.45) is 0. The first-order valence-corrected chi connectivity index (χ1v) is 6.67. The lowest BCUT2D eigenvalue weighted by Gasteiger charge is -2.11. The van der Waals surface area contributed by atoms with Crippen LogP contribution in [0.2, 0.25) is 0 Å². The Morgan fingerprint density at radius 3 is 2.24 bits per heavy atom. The van der Waals surface area contributed by atoms with Gasteiger partial charge < -0.3 is 0 Å². The first-order chi connectivity index (χ1) is 8.00. The van der Waals surface area contributed by atoms with Crippen LogP contribution in [0.1, 0.15) is 21.5 Å². The molecule has 0 radical (unpaired) electrons. The number of hydrogen-bond acceptors (Lipinski definition) is 1. The van der Waals surface area contributed by atoms with Crippen LogP contribution in [-0.2, 0) is 0 Å². The van der Waals surface area contributed by atoms with Crippen LogP contribution in [0.5, 0.6) is 0 Å². The third kappa shape index (κ3) is 2.40. The fourth-order valence-electron chi connectivity index (χ4n) is 1.53. The van der Waals surface area contributed by atoms with Gasteiger partial charge in [0, 0.05) is 11.6 Å². The van der Waals surface area contributed by atoms with Crippen LogP contribution in [-0.4, -0.2) is 0 Å². The van der Waals surface area contributed by atoms with Gasteiger partial charge in [-0.05, 0) is 34.9 Å². The molecule has 0 aliphatic carbocycles. The Morgan fingerprint density at radius 2 is 1.65 bits per heavy atom. The Kier molecular flexibility index (Phi) is 3.58. The summed E-state index contributed by atoms with van der Waals surface area (Å²) in [6, 6.07) is 1.46. The van der Waals surface area contributed by atoms with Crippen LogP contribution in [0.25, 0.3) is 0 Å². The van der Waals surface area contributed by atoms with E-state index in [1.54, 1.807) is 0 Å². The molecule has 0 aliphatic heterocycles. The molecule has 0 nitrogen and oxygen atoms in total. The molecule has 0 aliphatic rings. The number of hydrogen-bond donors (Lipinski definition) is 0. The van der Waals surface area contributed by atoms with Crippen molar-refractivity contribution in [2.24, 2.45) is 0 Å². The summed E-state index contributed by atoms with van der Waals surface area (Å²) < 4.78 is 39.5. The minimum atomic E-state index is -1.17. The third-order valence-corrected chi connectivity index (χ3v) is 4.35. The molecular formula is C12H8BrF3S. The summed E-state index contributed by atoms with van der Waals surface area (Å²) >= 11 is 4.79. The van der Waals surface area contributed by atoms with Crippen molar-refractivity contribution in [2.75, 3.05) is 0 Å². The zero-order valence-corrected chi connectivity index (χ0v) is 11.2. The lowest BCUT2D eigenvalue weighted by atomic mass is 10.0. The zero-order chi connectivity index (χ0) is 12.6. The van der Waals surface area contributed by atoms with Crippen LogP contribution >= 0.6 is 27.3 Å². The second-order valence-corrected chi connectivity index (χ2v) is 5.32. The van der Waals surface area contributed by atoms with Crippen LogP contribution in [0, 0.1) is 24.4 Å². The van der Waals surface area contributed by atoms with Gasteiger partial charge >= 0.3 is 0 Å². The molecule has 5 heteroatoms. The van der Waals surface area contributed by atoms with Crippen molar-refractivity contribution in [1.29, 1.82) is 0 Å². The van der Waals surface area contributed by atoms with Gasteiger partial charge in [-0.2, -0.15) is 11.3 Å². The average Bonchev–Trinajstić information content (AvgIpc) is 2.69. The van der Waals surface area contributed by atoms with Crippen molar-refractivity contribution in [3.05, 3.63) is 57.0 Å². The highest BCUT2D eigenvalue weighted by Crippen LogP contribution is 2.36. The standard InChI is InChI=1S/C12H8BrF3S/c1-6-4-17-5-8(6)12(13)7-2-10(15)11(16)3-9(7)14/h2-5,12H,1H3. The molecule has 1 atom stereocenters. The number of benzene rings is 1. The van der Waals surface area contributed by atoms with Crippen molar-refractivity contribution in [1.82, 2.24) is 0 Å². The third-order valence-electron chi connectivity index (χ3n) is 2.48. The van der Waals surface area contributed by atoms with Crippen LogP contribution < -0.4 is 0 Å². The first-order valence-electron chi connectivity index (χ1n) is 4.82. The van der Waals surface area contributed by atoms with E-state index in [0.29, 0.717) is 6.07 Å². The predicted octanol–water partition coefficient (Wildman–Crippen LogP) is 4.96. The smallest absolute Gasteiger partial charge is 0.161 e. The molecule has 17 heavy (non-hydrogen) atoms. The van der Waals surface area contributed by atoms with Crippen molar-refractivity contribution < 1.29 is 13.2 Å². The Labute approximate surface area is 109 Å². The molecule has 2 rings (SSSR count). The molecule has 0 fully saturated rings. The van der Waals surface area contributed by atoms with Crippen molar-refractivity contribution in [3.8, 4) is 0 Å². The van der Waals surface area contributed by atoms with Gasteiger partial charge in [0.25, 0.3) is 0 Å². The van der Waals surface area contributed by atoms with E-state index in [2.05, 4.69) is 15.9 Å². The van der Waals surface area contributed by atoms with E-state index < -0.39 is 22.3 Å². The van der Waals surface area contributed by atoms with Gasteiger partial charge in [-0.15, -0.1) is 0 Å². The van der Waals surface area contributed by atoms with E-state index >= 15 is 0 Å². The van der Waals surface area contributed by atoms with Gasteiger partial charge in [0.1, 0.15) is 5.82 Å². The monoisotopic (exact) mass is 320 g/mol. The summed E-state index contributed by atoms with van der Waals surface area (Å²) in [5.74, 6) is -2.97. The van der Waals surface area contributed by atoms with Gasteiger partial charge in [-0.3, -0.25) is 0 Å². The molecule has 0 bridgehead atoms. The van der Waals surface area contributed by atoms with Crippen molar-refractivity contribution >= 4 is 27.3 Å². The molecule has 2 aromatic rings.